The van der Waals surface area contributed by atoms with Crippen LogP contribution >= 0.6 is 24.0 Å². The molecule has 0 aliphatic heterocycles. The van der Waals surface area contributed by atoms with Crippen LogP contribution in [0.15, 0.2) is 53.5 Å². The van der Waals surface area contributed by atoms with E-state index in [1.165, 1.54) is 17.2 Å². The van der Waals surface area contributed by atoms with E-state index in [2.05, 4.69) is 39.9 Å². The molecule has 1 saturated carbocycles. The lowest BCUT2D eigenvalue weighted by Gasteiger charge is -2.19. The van der Waals surface area contributed by atoms with Crippen LogP contribution in [0.25, 0.3) is 0 Å². The van der Waals surface area contributed by atoms with Crippen LogP contribution < -0.4 is 10.6 Å². The molecule has 1 fully saturated rings. The van der Waals surface area contributed by atoms with Crippen LogP contribution in [0, 0.1) is 5.82 Å². The molecule has 1 aliphatic rings. The lowest BCUT2D eigenvalue weighted by molar-refractivity contribution is 0.134. The monoisotopic (exact) mass is 497 g/mol. The van der Waals surface area contributed by atoms with Crippen LogP contribution in [-0.2, 0) is 23.3 Å². The fourth-order valence-corrected chi connectivity index (χ4v) is 3.17. The summed E-state index contributed by atoms with van der Waals surface area (Å²) in [5.74, 6) is 0.588. The third-order valence-corrected chi connectivity index (χ3v) is 5.06. The predicted octanol–water partition coefficient (Wildman–Crippen LogP) is 4.38. The van der Waals surface area contributed by atoms with Crippen LogP contribution in [0.1, 0.15) is 36.5 Å². The van der Waals surface area contributed by atoms with E-state index in [0.717, 1.165) is 37.5 Å². The Morgan fingerprint density at radius 2 is 1.82 bits per heavy atom. The van der Waals surface area contributed by atoms with Crippen LogP contribution in [-0.4, -0.2) is 26.2 Å². The quantitative estimate of drug-likeness (QED) is 0.324. The smallest absolute Gasteiger partial charge is 0.191 e. The summed E-state index contributed by atoms with van der Waals surface area (Å²) in [6, 6.07) is 15.3. The molecule has 2 N–H and O–H groups in total. The van der Waals surface area contributed by atoms with Gasteiger partial charge in [0.25, 0.3) is 0 Å². The van der Waals surface area contributed by atoms with Crippen LogP contribution in [0.3, 0.4) is 0 Å². The van der Waals surface area contributed by atoms with Gasteiger partial charge in [-0.05, 0) is 48.6 Å². The zero-order valence-corrected chi connectivity index (χ0v) is 18.8. The summed E-state index contributed by atoms with van der Waals surface area (Å²) in [6.45, 7) is 4.82. The highest BCUT2D eigenvalue weighted by Gasteiger charge is 2.44. The molecule has 0 atom stereocenters. The van der Waals surface area contributed by atoms with Crippen molar-refractivity contribution in [1.82, 2.24) is 10.6 Å². The van der Waals surface area contributed by atoms with Crippen molar-refractivity contribution in [2.24, 2.45) is 4.99 Å². The van der Waals surface area contributed by atoms with Gasteiger partial charge in [-0.1, -0.05) is 36.4 Å². The number of nitrogens with zero attached hydrogens (tertiary/aromatic N) is 1. The summed E-state index contributed by atoms with van der Waals surface area (Å²) in [6.07, 6.45) is 2.14. The molecule has 6 heteroatoms. The van der Waals surface area contributed by atoms with Crippen LogP contribution in [0.2, 0.25) is 0 Å². The molecule has 0 spiro atoms. The van der Waals surface area contributed by atoms with Gasteiger partial charge in [0.2, 0.25) is 0 Å². The molecule has 0 saturated heterocycles. The molecular formula is C22H29FIN3O. The number of rotatable bonds is 8. The molecule has 0 aromatic heterocycles. The number of aliphatic imine (C=N–C) groups is 1. The lowest BCUT2D eigenvalue weighted by Crippen LogP contribution is -2.40. The molecule has 0 amide bonds. The fourth-order valence-electron chi connectivity index (χ4n) is 3.17. The van der Waals surface area contributed by atoms with E-state index in [9.17, 15) is 4.39 Å². The molecule has 0 heterocycles. The highest BCUT2D eigenvalue weighted by molar-refractivity contribution is 14.0. The van der Waals surface area contributed by atoms with E-state index < -0.39 is 0 Å². The topological polar surface area (TPSA) is 45.6 Å². The van der Waals surface area contributed by atoms with Crippen molar-refractivity contribution in [3.63, 3.8) is 0 Å². The summed E-state index contributed by atoms with van der Waals surface area (Å²) in [5, 5.41) is 6.74. The van der Waals surface area contributed by atoms with Crippen molar-refractivity contribution in [3.8, 4) is 0 Å². The van der Waals surface area contributed by atoms with Gasteiger partial charge in [-0.2, -0.15) is 0 Å². The standard InChI is InChI=1S/C22H28FN3O.HI/c1-3-27-15-18-9-7-17(8-10-18)14-25-21(24-2)26-16-22(11-12-22)19-5-4-6-20(23)13-19;/h4-10,13H,3,11-12,14-16H2,1-2H3,(H2,24,25,26);1H. The normalized spacial score (nSPS) is 14.9. The first kappa shape index (κ1) is 22.6. The average Bonchev–Trinajstić information content (AvgIpc) is 3.48. The van der Waals surface area contributed by atoms with E-state index in [1.54, 1.807) is 19.2 Å². The molecule has 0 bridgehead atoms. The SMILES string of the molecule is CCOCc1ccc(CNC(=NC)NCC2(c3cccc(F)c3)CC2)cc1.I. The van der Waals surface area contributed by atoms with Crippen molar-refractivity contribution in [2.75, 3.05) is 20.2 Å². The largest absolute Gasteiger partial charge is 0.377 e. The Morgan fingerprint density at radius 3 is 2.43 bits per heavy atom. The Bertz CT molecular complexity index is 776. The predicted molar refractivity (Wildman–Crippen MR) is 123 cm³/mol. The van der Waals surface area contributed by atoms with Gasteiger partial charge < -0.3 is 15.4 Å². The highest BCUT2D eigenvalue weighted by Crippen LogP contribution is 2.47. The van der Waals surface area contributed by atoms with Crippen LogP contribution in [0.5, 0.6) is 0 Å². The molecular weight excluding hydrogens is 468 g/mol. The second-order valence-corrected chi connectivity index (χ2v) is 7.02. The van der Waals surface area contributed by atoms with E-state index in [1.807, 2.05) is 13.0 Å². The zero-order valence-electron chi connectivity index (χ0n) is 16.5. The molecule has 3 rings (SSSR count). The maximum atomic E-state index is 13.5. The second kappa shape index (κ2) is 10.8. The molecule has 152 valence electrons. The minimum Gasteiger partial charge on any atom is -0.377 e. The van der Waals surface area contributed by atoms with Crippen molar-refractivity contribution < 1.29 is 9.13 Å². The minimum absolute atomic E-state index is 0. The maximum absolute atomic E-state index is 13.5. The first-order chi connectivity index (χ1) is 13.1. The first-order valence-electron chi connectivity index (χ1n) is 9.51. The third kappa shape index (κ3) is 6.17. The number of hydrogen-bond acceptors (Lipinski definition) is 2. The minimum atomic E-state index is -0.172. The maximum Gasteiger partial charge on any atom is 0.191 e. The van der Waals surface area contributed by atoms with Gasteiger partial charge in [0.1, 0.15) is 5.82 Å². The van der Waals surface area contributed by atoms with Gasteiger partial charge in [-0.25, -0.2) is 4.39 Å². The number of benzene rings is 2. The van der Waals surface area contributed by atoms with Gasteiger partial charge in [-0.3, -0.25) is 4.99 Å². The van der Waals surface area contributed by atoms with Crippen molar-refractivity contribution in [3.05, 3.63) is 71.0 Å². The Balaban J connectivity index is 0.00000280. The molecule has 4 nitrogen and oxygen atoms in total. The van der Waals surface area contributed by atoms with E-state index in [4.69, 9.17) is 4.74 Å². The van der Waals surface area contributed by atoms with Gasteiger partial charge >= 0.3 is 0 Å². The summed E-state index contributed by atoms with van der Waals surface area (Å²) in [5.41, 5.74) is 3.45. The lowest BCUT2D eigenvalue weighted by atomic mass is 9.96. The number of halogens is 2. The van der Waals surface area contributed by atoms with E-state index in [-0.39, 0.29) is 35.2 Å². The summed E-state index contributed by atoms with van der Waals surface area (Å²) >= 11 is 0. The first-order valence-corrected chi connectivity index (χ1v) is 9.51. The number of nitrogens with one attached hydrogen (secondary N) is 2. The zero-order chi connectivity index (χ0) is 19.1. The third-order valence-electron chi connectivity index (χ3n) is 5.06. The summed E-state index contributed by atoms with van der Waals surface area (Å²) in [4.78, 5) is 4.30. The summed E-state index contributed by atoms with van der Waals surface area (Å²) < 4.78 is 19.0. The molecule has 0 radical (unpaired) electrons. The van der Waals surface area contributed by atoms with Crippen LogP contribution in [0.4, 0.5) is 4.39 Å². The van der Waals surface area contributed by atoms with E-state index in [0.29, 0.717) is 13.2 Å². The van der Waals surface area contributed by atoms with Gasteiger partial charge in [0.15, 0.2) is 5.96 Å². The molecule has 0 unspecified atom stereocenters. The Kier molecular flexibility index (Phi) is 8.69. The second-order valence-electron chi connectivity index (χ2n) is 7.02. The van der Waals surface area contributed by atoms with Gasteiger partial charge in [0.05, 0.1) is 6.61 Å². The van der Waals surface area contributed by atoms with Crippen molar-refractivity contribution in [2.45, 2.75) is 38.3 Å². The Hall–Kier alpha value is -1.67. The van der Waals surface area contributed by atoms with Crippen molar-refractivity contribution >= 4 is 29.9 Å². The fraction of sp³-hybridized carbons (Fsp3) is 0.409. The number of hydrogen-bond donors (Lipinski definition) is 2. The van der Waals surface area contributed by atoms with Gasteiger partial charge in [-0.15, -0.1) is 24.0 Å². The highest BCUT2D eigenvalue weighted by atomic mass is 127. The number of ether oxygens (including phenoxy) is 1. The Labute approximate surface area is 184 Å². The van der Waals surface area contributed by atoms with Gasteiger partial charge in [0, 0.05) is 32.2 Å². The van der Waals surface area contributed by atoms with Crippen molar-refractivity contribution in [1.29, 1.82) is 0 Å². The molecule has 28 heavy (non-hydrogen) atoms. The molecule has 2 aromatic carbocycles. The Morgan fingerprint density at radius 1 is 1.11 bits per heavy atom. The summed E-state index contributed by atoms with van der Waals surface area (Å²) in [7, 11) is 1.77. The molecule has 1 aliphatic carbocycles. The number of guanidine groups is 1. The molecule has 2 aromatic rings. The van der Waals surface area contributed by atoms with E-state index >= 15 is 0 Å². The average molecular weight is 497 g/mol.